The van der Waals surface area contributed by atoms with E-state index in [9.17, 15) is 5.11 Å². The number of rotatable bonds is 2. The molecule has 3 N–H and O–H groups in total. The van der Waals surface area contributed by atoms with Crippen molar-refractivity contribution in [1.82, 2.24) is 10.9 Å². The van der Waals surface area contributed by atoms with Crippen molar-refractivity contribution in [1.29, 1.82) is 0 Å². The molecule has 0 aliphatic carbocycles. The molecule has 1 heterocycles. The van der Waals surface area contributed by atoms with E-state index in [0.29, 0.717) is 6.04 Å². The van der Waals surface area contributed by atoms with Gasteiger partial charge in [0.15, 0.2) is 0 Å². The molecule has 18 heavy (non-hydrogen) atoms. The molecule has 0 amide bonds. The van der Waals surface area contributed by atoms with Crippen LogP contribution in [0.5, 0.6) is 0 Å². The lowest BCUT2D eigenvalue weighted by Crippen LogP contribution is -2.29. The van der Waals surface area contributed by atoms with Crippen molar-refractivity contribution in [3.63, 3.8) is 0 Å². The first-order chi connectivity index (χ1) is 8.43. The number of hydrazine groups is 1. The minimum atomic E-state index is 0.184. The fourth-order valence-corrected chi connectivity index (χ4v) is 2.51. The minimum Gasteiger partial charge on any atom is -0.396 e. The minimum absolute atomic E-state index is 0.184. The third-order valence-electron chi connectivity index (χ3n) is 3.88. The van der Waals surface area contributed by atoms with Crippen LogP contribution in [0.2, 0.25) is 0 Å². The molecule has 3 nitrogen and oxygen atoms in total. The fourth-order valence-electron chi connectivity index (χ4n) is 2.51. The lowest BCUT2D eigenvalue weighted by Gasteiger charge is -2.22. The molecule has 100 valence electrons. The van der Waals surface area contributed by atoms with Gasteiger partial charge in [0.1, 0.15) is 0 Å². The Morgan fingerprint density at radius 2 is 1.72 bits per heavy atom. The molecule has 1 saturated heterocycles. The van der Waals surface area contributed by atoms with Gasteiger partial charge < -0.3 is 5.11 Å². The van der Waals surface area contributed by atoms with Gasteiger partial charge >= 0.3 is 0 Å². The lowest BCUT2D eigenvalue weighted by molar-refractivity contribution is 0.204. The van der Waals surface area contributed by atoms with E-state index in [0.717, 1.165) is 0 Å². The number of hydrogen-bond donors (Lipinski definition) is 3. The van der Waals surface area contributed by atoms with Crippen LogP contribution < -0.4 is 10.9 Å². The van der Waals surface area contributed by atoms with E-state index in [1.54, 1.807) is 0 Å². The predicted octanol–water partition coefficient (Wildman–Crippen LogP) is 2.13. The third-order valence-corrected chi connectivity index (χ3v) is 3.88. The highest BCUT2D eigenvalue weighted by molar-refractivity contribution is 5.30. The summed E-state index contributed by atoms with van der Waals surface area (Å²) in [5.41, 5.74) is 9.23. The van der Waals surface area contributed by atoms with Gasteiger partial charge in [-0.3, -0.25) is 5.43 Å². The molecule has 0 aromatic heterocycles. The first kappa shape index (κ1) is 13.5. The monoisotopic (exact) mass is 248 g/mol. The number of aliphatic hydroxyl groups is 1. The second-order valence-corrected chi connectivity index (χ2v) is 6.27. The Labute approximate surface area is 110 Å². The Morgan fingerprint density at radius 1 is 1.11 bits per heavy atom. The first-order valence-corrected chi connectivity index (χ1v) is 6.66. The van der Waals surface area contributed by atoms with Crippen LogP contribution in [0.3, 0.4) is 0 Å². The van der Waals surface area contributed by atoms with Crippen LogP contribution in [0.15, 0.2) is 24.3 Å². The summed E-state index contributed by atoms with van der Waals surface area (Å²) in [6.45, 7) is 8.95. The molecule has 0 saturated carbocycles. The van der Waals surface area contributed by atoms with E-state index in [1.165, 1.54) is 11.1 Å². The van der Waals surface area contributed by atoms with Crippen LogP contribution in [0.1, 0.15) is 44.9 Å². The van der Waals surface area contributed by atoms with Crippen LogP contribution in [0, 0.1) is 5.92 Å². The van der Waals surface area contributed by atoms with Gasteiger partial charge in [-0.25, -0.2) is 5.43 Å². The summed E-state index contributed by atoms with van der Waals surface area (Å²) < 4.78 is 0. The van der Waals surface area contributed by atoms with Gasteiger partial charge in [0, 0.05) is 18.6 Å². The van der Waals surface area contributed by atoms with Crippen molar-refractivity contribution in [3.8, 4) is 0 Å². The molecule has 2 rings (SSSR count). The molecule has 1 fully saturated rings. The van der Waals surface area contributed by atoms with Crippen molar-refractivity contribution in [2.75, 3.05) is 6.61 Å². The predicted molar refractivity (Wildman–Crippen MR) is 74.2 cm³/mol. The molecule has 3 unspecified atom stereocenters. The Hall–Kier alpha value is -0.900. The summed E-state index contributed by atoms with van der Waals surface area (Å²) in [5, 5.41) is 9.47. The van der Waals surface area contributed by atoms with E-state index < -0.39 is 0 Å². The van der Waals surface area contributed by atoms with Crippen molar-refractivity contribution in [2.45, 2.75) is 45.2 Å². The Morgan fingerprint density at radius 3 is 2.22 bits per heavy atom. The number of benzene rings is 1. The SMILES string of the molecule is CC1NNC(c2ccc(C(C)(C)C)cc2)C1CO. The zero-order valence-corrected chi connectivity index (χ0v) is 11.7. The fraction of sp³-hybridized carbons (Fsp3) is 0.600. The van der Waals surface area contributed by atoms with Crippen LogP contribution in [0.4, 0.5) is 0 Å². The Bertz CT molecular complexity index is 394. The Kier molecular flexibility index (Phi) is 3.76. The maximum atomic E-state index is 9.47. The van der Waals surface area contributed by atoms with Crippen molar-refractivity contribution >= 4 is 0 Å². The zero-order valence-electron chi connectivity index (χ0n) is 11.7. The van der Waals surface area contributed by atoms with Gasteiger partial charge in [-0.1, -0.05) is 45.0 Å². The van der Waals surface area contributed by atoms with E-state index in [2.05, 4.69) is 62.8 Å². The van der Waals surface area contributed by atoms with Crippen LogP contribution in [-0.2, 0) is 5.41 Å². The quantitative estimate of drug-likeness (QED) is 0.751. The molecule has 0 spiro atoms. The summed E-state index contributed by atoms with van der Waals surface area (Å²) in [5.74, 6) is 0.227. The molecule has 1 aromatic rings. The molecule has 1 aliphatic rings. The van der Waals surface area contributed by atoms with Gasteiger partial charge in [-0.15, -0.1) is 0 Å². The second kappa shape index (κ2) is 5.00. The number of hydrogen-bond acceptors (Lipinski definition) is 3. The number of nitrogens with one attached hydrogen (secondary N) is 2. The summed E-state index contributed by atoms with van der Waals surface area (Å²) in [6, 6.07) is 9.20. The Balaban J connectivity index is 2.20. The van der Waals surface area contributed by atoms with Crippen molar-refractivity contribution < 1.29 is 5.11 Å². The zero-order chi connectivity index (χ0) is 13.3. The van der Waals surface area contributed by atoms with Crippen molar-refractivity contribution in [3.05, 3.63) is 35.4 Å². The standard InChI is InChI=1S/C15H24N2O/c1-10-13(9-18)14(17-16-10)11-5-7-12(8-6-11)15(2,3)4/h5-8,10,13-14,16-18H,9H2,1-4H3. The smallest absolute Gasteiger partial charge is 0.0527 e. The van der Waals surface area contributed by atoms with Crippen LogP contribution in [-0.4, -0.2) is 17.8 Å². The summed E-state index contributed by atoms with van der Waals surface area (Å²) >= 11 is 0. The van der Waals surface area contributed by atoms with Gasteiger partial charge in [-0.05, 0) is 23.5 Å². The van der Waals surface area contributed by atoms with E-state index in [-0.39, 0.29) is 24.0 Å². The normalized spacial score (nSPS) is 28.6. The molecule has 1 aromatic carbocycles. The van der Waals surface area contributed by atoms with Gasteiger partial charge in [0.05, 0.1) is 6.04 Å². The van der Waals surface area contributed by atoms with Gasteiger partial charge in [0.2, 0.25) is 0 Å². The summed E-state index contributed by atoms with van der Waals surface area (Å²) in [4.78, 5) is 0. The average Bonchev–Trinajstić information content (AvgIpc) is 2.69. The third kappa shape index (κ3) is 2.58. The van der Waals surface area contributed by atoms with E-state index >= 15 is 0 Å². The maximum Gasteiger partial charge on any atom is 0.0527 e. The molecule has 1 aliphatic heterocycles. The summed E-state index contributed by atoms with van der Waals surface area (Å²) in [6.07, 6.45) is 0. The molecular formula is C15H24N2O. The molecular weight excluding hydrogens is 224 g/mol. The molecule has 3 atom stereocenters. The van der Waals surface area contributed by atoms with E-state index in [4.69, 9.17) is 0 Å². The second-order valence-electron chi connectivity index (χ2n) is 6.27. The van der Waals surface area contributed by atoms with Crippen molar-refractivity contribution in [2.24, 2.45) is 5.92 Å². The number of aliphatic hydroxyl groups excluding tert-OH is 1. The summed E-state index contributed by atoms with van der Waals surface area (Å²) in [7, 11) is 0. The molecule has 3 heteroatoms. The average molecular weight is 248 g/mol. The van der Waals surface area contributed by atoms with Crippen LogP contribution in [0.25, 0.3) is 0 Å². The largest absolute Gasteiger partial charge is 0.396 e. The lowest BCUT2D eigenvalue weighted by atomic mass is 9.85. The first-order valence-electron chi connectivity index (χ1n) is 6.66. The van der Waals surface area contributed by atoms with E-state index in [1.807, 2.05) is 0 Å². The highest BCUT2D eigenvalue weighted by atomic mass is 16.3. The van der Waals surface area contributed by atoms with Crippen LogP contribution >= 0.6 is 0 Å². The maximum absolute atomic E-state index is 9.47. The highest BCUT2D eigenvalue weighted by Gasteiger charge is 2.33. The molecule has 0 bridgehead atoms. The molecule has 0 radical (unpaired) electrons. The topological polar surface area (TPSA) is 44.3 Å². The van der Waals surface area contributed by atoms with Gasteiger partial charge in [0.25, 0.3) is 0 Å². The highest BCUT2D eigenvalue weighted by Crippen LogP contribution is 2.30. The van der Waals surface area contributed by atoms with Gasteiger partial charge in [-0.2, -0.15) is 0 Å².